The molecule has 1 aromatic carbocycles. The molecule has 1 aromatic heterocycles. The van der Waals surface area contributed by atoms with Crippen LogP contribution < -0.4 is 10.6 Å². The zero-order chi connectivity index (χ0) is 18.0. The molecule has 1 amide bonds. The van der Waals surface area contributed by atoms with Gasteiger partial charge in [-0.1, -0.05) is 11.6 Å². The summed E-state index contributed by atoms with van der Waals surface area (Å²) in [6.45, 7) is 0. The third-order valence-corrected chi connectivity index (χ3v) is 5.83. The maximum absolute atomic E-state index is 13.1. The van der Waals surface area contributed by atoms with Crippen molar-refractivity contribution < 1.29 is 17.6 Å². The van der Waals surface area contributed by atoms with E-state index in [0.717, 1.165) is 0 Å². The van der Waals surface area contributed by atoms with Gasteiger partial charge in [0.1, 0.15) is 11.5 Å². The molecule has 2 N–H and O–H groups in total. The number of halogens is 2. The first-order valence-corrected chi connectivity index (χ1v) is 9.72. The summed E-state index contributed by atoms with van der Waals surface area (Å²) in [5.41, 5.74) is 1.37. The Hall–Kier alpha value is -2.19. The second-order valence-corrected chi connectivity index (χ2v) is 8.40. The molecule has 0 saturated carbocycles. The molecule has 0 spiro atoms. The van der Waals surface area contributed by atoms with Gasteiger partial charge in [0.15, 0.2) is 9.84 Å². The summed E-state index contributed by atoms with van der Waals surface area (Å²) in [7, 11) is -3.05. The molecule has 1 unspecified atom stereocenters. The Kier molecular flexibility index (Phi) is 4.91. The van der Waals surface area contributed by atoms with E-state index in [9.17, 15) is 17.6 Å². The summed E-state index contributed by atoms with van der Waals surface area (Å²) >= 11 is 5.72. The second kappa shape index (κ2) is 6.97. The van der Waals surface area contributed by atoms with E-state index in [-0.39, 0.29) is 28.3 Å². The summed E-state index contributed by atoms with van der Waals surface area (Å²) in [6.07, 6.45) is 1.87. The Morgan fingerprint density at radius 1 is 1.24 bits per heavy atom. The van der Waals surface area contributed by atoms with Crippen molar-refractivity contribution in [2.75, 3.05) is 16.8 Å². The van der Waals surface area contributed by atoms with Gasteiger partial charge >= 0.3 is 0 Å². The molecule has 2 aromatic rings. The van der Waals surface area contributed by atoms with E-state index in [2.05, 4.69) is 15.6 Å². The van der Waals surface area contributed by atoms with Gasteiger partial charge in [-0.15, -0.1) is 0 Å². The molecular weight excluding hydrogens is 369 g/mol. The summed E-state index contributed by atoms with van der Waals surface area (Å²) in [5, 5.41) is 5.67. The molecule has 6 nitrogen and oxygen atoms in total. The number of hydrogen-bond acceptors (Lipinski definition) is 5. The highest BCUT2D eigenvalue weighted by molar-refractivity contribution is 7.91. The molecule has 1 aliphatic rings. The number of rotatable bonds is 4. The van der Waals surface area contributed by atoms with Crippen molar-refractivity contribution in [3.8, 4) is 0 Å². The molecule has 132 valence electrons. The van der Waals surface area contributed by atoms with E-state index in [4.69, 9.17) is 11.6 Å². The van der Waals surface area contributed by atoms with Crippen LogP contribution in [0.1, 0.15) is 16.9 Å². The third-order valence-electron chi connectivity index (χ3n) is 3.77. The summed E-state index contributed by atoms with van der Waals surface area (Å²) in [6, 6.07) is 7.01. The molecule has 1 fully saturated rings. The topological polar surface area (TPSA) is 88.2 Å². The number of amides is 1. The van der Waals surface area contributed by atoms with Crippen molar-refractivity contribution in [1.29, 1.82) is 0 Å². The molecule has 9 heteroatoms. The minimum atomic E-state index is -3.05. The molecule has 0 aliphatic carbocycles. The first-order chi connectivity index (χ1) is 11.8. The second-order valence-electron chi connectivity index (χ2n) is 5.76. The number of nitrogens with one attached hydrogen (secondary N) is 2. The van der Waals surface area contributed by atoms with Crippen molar-refractivity contribution in [3.63, 3.8) is 0 Å². The number of sulfone groups is 1. The Morgan fingerprint density at radius 3 is 2.60 bits per heavy atom. The lowest BCUT2D eigenvalue weighted by Gasteiger charge is -2.11. The molecule has 0 radical (unpaired) electrons. The highest BCUT2D eigenvalue weighted by atomic mass is 35.5. The van der Waals surface area contributed by atoms with Gasteiger partial charge in [-0.25, -0.2) is 17.8 Å². The van der Waals surface area contributed by atoms with Crippen LogP contribution >= 0.6 is 11.6 Å². The van der Waals surface area contributed by atoms with Gasteiger partial charge in [-0.05, 0) is 36.8 Å². The van der Waals surface area contributed by atoms with Crippen LogP contribution in [0.3, 0.4) is 0 Å². The number of carbonyl (C=O) groups is 1. The Balaban J connectivity index is 1.63. The lowest BCUT2D eigenvalue weighted by atomic mass is 10.2. The molecular formula is C16H15ClFN3O3S. The Labute approximate surface area is 149 Å². The molecule has 1 aliphatic heterocycles. The summed E-state index contributed by atoms with van der Waals surface area (Å²) in [4.78, 5) is 16.2. The SMILES string of the molecule is O=C(NC1CCS(=O)(=O)C1)c1ccc(Nc2ccc(F)c(Cl)c2)cn1. The average molecular weight is 384 g/mol. The van der Waals surface area contributed by atoms with Crippen LogP contribution in [0.15, 0.2) is 36.5 Å². The van der Waals surface area contributed by atoms with Crippen LogP contribution in [0, 0.1) is 5.82 Å². The average Bonchev–Trinajstić information content (AvgIpc) is 2.90. The quantitative estimate of drug-likeness (QED) is 0.847. The van der Waals surface area contributed by atoms with Gasteiger partial charge in [0.05, 0.1) is 28.4 Å². The molecule has 3 rings (SSSR count). The van der Waals surface area contributed by atoms with Crippen molar-refractivity contribution in [1.82, 2.24) is 10.3 Å². The molecule has 1 atom stereocenters. The predicted octanol–water partition coefficient (Wildman–Crippen LogP) is 2.53. The standard InChI is InChI=1S/C16H15ClFN3O3S/c17-13-7-10(1-3-14(13)18)20-11-2-4-15(19-8-11)16(22)21-12-5-6-25(23,24)9-12/h1-4,7-8,12,20H,5-6,9H2,(H,21,22). The highest BCUT2D eigenvalue weighted by Gasteiger charge is 2.29. The number of hydrogen-bond donors (Lipinski definition) is 2. The van der Waals surface area contributed by atoms with E-state index in [1.54, 1.807) is 6.07 Å². The van der Waals surface area contributed by atoms with Crippen molar-refractivity contribution >= 4 is 38.7 Å². The Morgan fingerprint density at radius 2 is 2.00 bits per heavy atom. The van der Waals surface area contributed by atoms with Crippen LogP contribution in [0.25, 0.3) is 0 Å². The van der Waals surface area contributed by atoms with Crippen LogP contribution in [0.5, 0.6) is 0 Å². The number of benzene rings is 1. The first-order valence-electron chi connectivity index (χ1n) is 7.52. The van der Waals surface area contributed by atoms with Gasteiger partial charge in [-0.2, -0.15) is 0 Å². The van der Waals surface area contributed by atoms with Crippen molar-refractivity contribution in [3.05, 3.63) is 53.1 Å². The first kappa shape index (κ1) is 17.6. The van der Waals surface area contributed by atoms with Gasteiger partial charge < -0.3 is 10.6 Å². The lowest BCUT2D eigenvalue weighted by Crippen LogP contribution is -2.36. The van der Waals surface area contributed by atoms with Crippen LogP contribution in [-0.2, 0) is 9.84 Å². The fourth-order valence-corrected chi connectivity index (χ4v) is 4.36. The van der Waals surface area contributed by atoms with E-state index in [0.29, 0.717) is 17.8 Å². The normalized spacial score (nSPS) is 18.7. The largest absolute Gasteiger partial charge is 0.354 e. The Bertz CT molecular complexity index is 903. The highest BCUT2D eigenvalue weighted by Crippen LogP contribution is 2.22. The van der Waals surface area contributed by atoms with Crippen LogP contribution in [-0.4, -0.2) is 36.9 Å². The summed E-state index contributed by atoms with van der Waals surface area (Å²) < 4.78 is 36.0. The number of aromatic nitrogens is 1. The van der Waals surface area contributed by atoms with Gasteiger partial charge in [-0.3, -0.25) is 4.79 Å². The van der Waals surface area contributed by atoms with Crippen LogP contribution in [0.2, 0.25) is 5.02 Å². The van der Waals surface area contributed by atoms with E-state index >= 15 is 0 Å². The van der Waals surface area contributed by atoms with E-state index < -0.39 is 21.6 Å². The zero-order valence-corrected chi connectivity index (χ0v) is 14.6. The van der Waals surface area contributed by atoms with Crippen molar-refractivity contribution in [2.24, 2.45) is 0 Å². The maximum atomic E-state index is 13.1. The minimum absolute atomic E-state index is 0.000438. The maximum Gasteiger partial charge on any atom is 0.270 e. The number of pyridine rings is 1. The third kappa shape index (κ3) is 4.46. The van der Waals surface area contributed by atoms with Gasteiger partial charge in [0.2, 0.25) is 0 Å². The molecule has 2 heterocycles. The molecule has 0 bridgehead atoms. The number of nitrogens with zero attached hydrogens (tertiary/aromatic N) is 1. The van der Waals surface area contributed by atoms with E-state index in [1.807, 2.05) is 0 Å². The summed E-state index contributed by atoms with van der Waals surface area (Å²) in [5.74, 6) is -0.872. The fourth-order valence-electron chi connectivity index (χ4n) is 2.51. The van der Waals surface area contributed by atoms with E-state index in [1.165, 1.54) is 30.5 Å². The minimum Gasteiger partial charge on any atom is -0.354 e. The lowest BCUT2D eigenvalue weighted by molar-refractivity contribution is 0.0936. The monoisotopic (exact) mass is 383 g/mol. The number of carbonyl (C=O) groups excluding carboxylic acids is 1. The zero-order valence-electron chi connectivity index (χ0n) is 13.0. The molecule has 25 heavy (non-hydrogen) atoms. The molecule has 1 saturated heterocycles. The van der Waals surface area contributed by atoms with Gasteiger partial charge in [0.25, 0.3) is 5.91 Å². The predicted molar refractivity (Wildman–Crippen MR) is 93.5 cm³/mol. The van der Waals surface area contributed by atoms with Gasteiger partial charge in [0, 0.05) is 11.7 Å². The van der Waals surface area contributed by atoms with Crippen molar-refractivity contribution in [2.45, 2.75) is 12.5 Å². The fraction of sp³-hybridized carbons (Fsp3) is 0.250. The smallest absolute Gasteiger partial charge is 0.270 e. The number of anilines is 2. The van der Waals surface area contributed by atoms with Crippen LogP contribution in [0.4, 0.5) is 15.8 Å².